The molecule has 0 aliphatic rings. The van der Waals surface area contributed by atoms with E-state index in [0.29, 0.717) is 5.13 Å². The Morgan fingerprint density at radius 2 is 2.15 bits per heavy atom. The van der Waals surface area contributed by atoms with Gasteiger partial charge in [0.05, 0.1) is 23.0 Å². The Kier molecular flexibility index (Phi) is 4.07. The third kappa shape index (κ3) is 3.33. The largest absolute Gasteiger partial charge is 0.301 e. The predicted molar refractivity (Wildman–Crippen MR) is 80.5 cm³/mol. The van der Waals surface area contributed by atoms with Gasteiger partial charge in [-0.3, -0.25) is 4.79 Å². The smallest absolute Gasteiger partial charge is 0.241 e. The molecule has 1 amide bonds. The van der Waals surface area contributed by atoms with Crippen LogP contribution in [0.25, 0.3) is 10.2 Å². The number of aromatic nitrogens is 1. The van der Waals surface area contributed by atoms with E-state index < -0.39 is 15.9 Å². The van der Waals surface area contributed by atoms with Crippen LogP contribution in [0, 0.1) is 6.92 Å². The number of amides is 1. The number of nitrogens with zero attached hydrogens (tertiary/aromatic N) is 2. The van der Waals surface area contributed by atoms with Gasteiger partial charge in [-0.2, -0.15) is 4.31 Å². The highest BCUT2D eigenvalue weighted by Crippen LogP contribution is 2.27. The topological polar surface area (TPSA) is 79.4 Å². The number of hydrogen-bond donors (Lipinski definition) is 1. The third-order valence-electron chi connectivity index (χ3n) is 2.80. The van der Waals surface area contributed by atoms with Crippen LogP contribution in [-0.2, 0) is 14.8 Å². The van der Waals surface area contributed by atoms with E-state index in [1.807, 2.05) is 25.1 Å². The molecule has 0 atom stereocenters. The lowest BCUT2D eigenvalue weighted by Crippen LogP contribution is -2.34. The quantitative estimate of drug-likeness (QED) is 0.926. The molecule has 1 heterocycles. The molecule has 1 aromatic carbocycles. The van der Waals surface area contributed by atoms with Gasteiger partial charge in [0, 0.05) is 7.05 Å². The van der Waals surface area contributed by atoms with Crippen LogP contribution in [0.1, 0.15) is 5.56 Å². The number of sulfonamides is 1. The summed E-state index contributed by atoms with van der Waals surface area (Å²) in [5.74, 6) is -0.408. The molecule has 20 heavy (non-hydrogen) atoms. The zero-order valence-corrected chi connectivity index (χ0v) is 13.0. The van der Waals surface area contributed by atoms with E-state index >= 15 is 0 Å². The molecule has 1 aromatic heterocycles. The molecule has 0 aliphatic carbocycles. The molecule has 2 aromatic rings. The van der Waals surface area contributed by atoms with Gasteiger partial charge in [-0.15, -0.1) is 0 Å². The molecule has 0 spiro atoms. The van der Waals surface area contributed by atoms with Crippen LogP contribution in [0.4, 0.5) is 5.13 Å². The second-order valence-electron chi connectivity index (χ2n) is 4.51. The second-order valence-corrected chi connectivity index (χ2v) is 7.63. The van der Waals surface area contributed by atoms with Gasteiger partial charge in [0.25, 0.3) is 0 Å². The van der Waals surface area contributed by atoms with E-state index in [2.05, 4.69) is 10.3 Å². The highest BCUT2D eigenvalue weighted by molar-refractivity contribution is 7.88. The number of aryl methyl sites for hydroxylation is 1. The fraction of sp³-hybridized carbons (Fsp3) is 0.333. The standard InChI is InChI=1S/C12H15N3O3S2/c1-8-5-4-6-9-11(8)14-12(19-9)13-10(16)7-15(2)20(3,17)18/h4-6H,7H2,1-3H3,(H,13,14,16). The number of carbonyl (C=O) groups is 1. The molecular formula is C12H15N3O3S2. The van der Waals surface area contributed by atoms with Gasteiger partial charge in [0.1, 0.15) is 0 Å². The predicted octanol–water partition coefficient (Wildman–Crippen LogP) is 1.43. The molecular weight excluding hydrogens is 298 g/mol. The Hall–Kier alpha value is -1.51. The molecule has 108 valence electrons. The molecule has 8 heteroatoms. The number of fused-ring (bicyclic) bond motifs is 1. The first-order valence-electron chi connectivity index (χ1n) is 5.84. The second kappa shape index (κ2) is 5.47. The van der Waals surface area contributed by atoms with Crippen molar-refractivity contribution in [1.29, 1.82) is 0 Å². The van der Waals surface area contributed by atoms with E-state index in [9.17, 15) is 13.2 Å². The monoisotopic (exact) mass is 313 g/mol. The van der Waals surface area contributed by atoms with Crippen molar-refractivity contribution in [2.45, 2.75) is 6.92 Å². The minimum atomic E-state index is -3.37. The maximum atomic E-state index is 11.8. The summed E-state index contributed by atoms with van der Waals surface area (Å²) in [5, 5.41) is 3.10. The van der Waals surface area contributed by atoms with Crippen LogP contribution in [0.3, 0.4) is 0 Å². The van der Waals surface area contributed by atoms with Crippen molar-refractivity contribution in [3.8, 4) is 0 Å². The van der Waals surface area contributed by atoms with Crippen LogP contribution in [0.2, 0.25) is 0 Å². The molecule has 0 saturated carbocycles. The van der Waals surface area contributed by atoms with Gasteiger partial charge >= 0.3 is 0 Å². The Morgan fingerprint density at radius 1 is 1.45 bits per heavy atom. The maximum Gasteiger partial charge on any atom is 0.241 e. The number of anilines is 1. The Morgan fingerprint density at radius 3 is 2.75 bits per heavy atom. The van der Waals surface area contributed by atoms with Crippen LogP contribution >= 0.6 is 11.3 Å². The summed E-state index contributed by atoms with van der Waals surface area (Å²) < 4.78 is 24.4. The fourth-order valence-corrected chi connectivity index (χ4v) is 2.93. The number of hydrogen-bond acceptors (Lipinski definition) is 5. The lowest BCUT2D eigenvalue weighted by Gasteiger charge is -2.12. The number of rotatable bonds is 4. The molecule has 1 N–H and O–H groups in total. The number of nitrogens with one attached hydrogen (secondary N) is 1. The average Bonchev–Trinajstić information content (AvgIpc) is 2.71. The summed E-state index contributed by atoms with van der Waals surface area (Å²) in [5.41, 5.74) is 1.89. The Bertz CT molecular complexity index is 752. The highest BCUT2D eigenvalue weighted by Gasteiger charge is 2.16. The number of benzene rings is 1. The summed E-state index contributed by atoms with van der Waals surface area (Å²) in [6.45, 7) is 1.72. The normalized spacial score (nSPS) is 12.0. The lowest BCUT2D eigenvalue weighted by atomic mass is 10.2. The minimum absolute atomic E-state index is 0.228. The number of carbonyl (C=O) groups excluding carboxylic acids is 1. The average molecular weight is 313 g/mol. The first-order chi connectivity index (χ1) is 9.27. The van der Waals surface area contributed by atoms with Crippen LogP contribution in [-0.4, -0.2) is 43.5 Å². The van der Waals surface area contributed by atoms with Gasteiger partial charge in [-0.05, 0) is 18.6 Å². The van der Waals surface area contributed by atoms with E-state index in [1.165, 1.54) is 18.4 Å². The molecule has 0 unspecified atom stereocenters. The SMILES string of the molecule is Cc1cccc2sc(NC(=O)CN(C)S(C)(=O)=O)nc12. The summed E-state index contributed by atoms with van der Waals surface area (Å²) >= 11 is 1.36. The molecule has 0 saturated heterocycles. The summed E-state index contributed by atoms with van der Waals surface area (Å²) in [6, 6.07) is 5.81. The molecule has 0 aliphatic heterocycles. The van der Waals surface area contributed by atoms with Gasteiger partial charge in [0.15, 0.2) is 5.13 Å². The molecule has 2 rings (SSSR count). The summed E-state index contributed by atoms with van der Waals surface area (Å²) in [6.07, 6.45) is 1.06. The van der Waals surface area contributed by atoms with Crippen molar-refractivity contribution in [3.63, 3.8) is 0 Å². The zero-order chi connectivity index (χ0) is 14.9. The van der Waals surface area contributed by atoms with Crippen molar-refractivity contribution >= 4 is 42.6 Å². The van der Waals surface area contributed by atoms with Crippen molar-refractivity contribution in [3.05, 3.63) is 23.8 Å². The molecule has 0 radical (unpaired) electrons. The fourth-order valence-electron chi connectivity index (χ4n) is 1.62. The zero-order valence-electron chi connectivity index (χ0n) is 11.4. The van der Waals surface area contributed by atoms with E-state index in [0.717, 1.165) is 26.3 Å². The van der Waals surface area contributed by atoms with Crippen molar-refractivity contribution < 1.29 is 13.2 Å². The van der Waals surface area contributed by atoms with Crippen LogP contribution < -0.4 is 5.32 Å². The van der Waals surface area contributed by atoms with Crippen LogP contribution in [0.15, 0.2) is 18.2 Å². The number of para-hydroxylation sites is 1. The van der Waals surface area contributed by atoms with Gasteiger partial charge < -0.3 is 5.32 Å². The van der Waals surface area contributed by atoms with Gasteiger partial charge in [-0.25, -0.2) is 13.4 Å². The van der Waals surface area contributed by atoms with Crippen molar-refractivity contribution in [2.75, 3.05) is 25.2 Å². The Balaban J connectivity index is 2.12. The molecule has 6 nitrogen and oxygen atoms in total. The lowest BCUT2D eigenvalue weighted by molar-refractivity contribution is -0.116. The minimum Gasteiger partial charge on any atom is -0.301 e. The van der Waals surface area contributed by atoms with Gasteiger partial charge in [-0.1, -0.05) is 23.5 Å². The molecule has 0 bridgehead atoms. The Labute approximate surface area is 121 Å². The number of thiazole rings is 1. The van der Waals surface area contributed by atoms with Crippen molar-refractivity contribution in [1.82, 2.24) is 9.29 Å². The maximum absolute atomic E-state index is 11.8. The number of likely N-dealkylation sites (N-methyl/N-ethyl adjacent to an activating group) is 1. The first kappa shape index (κ1) is 14.9. The third-order valence-corrected chi connectivity index (χ3v) is 5.00. The first-order valence-corrected chi connectivity index (χ1v) is 8.51. The summed E-state index contributed by atoms with van der Waals surface area (Å²) in [7, 11) is -2.01. The molecule has 0 fully saturated rings. The van der Waals surface area contributed by atoms with E-state index in [4.69, 9.17) is 0 Å². The van der Waals surface area contributed by atoms with E-state index in [1.54, 1.807) is 0 Å². The summed E-state index contributed by atoms with van der Waals surface area (Å²) in [4.78, 5) is 16.1. The van der Waals surface area contributed by atoms with Crippen molar-refractivity contribution in [2.24, 2.45) is 0 Å². The highest BCUT2D eigenvalue weighted by atomic mass is 32.2. The van der Waals surface area contributed by atoms with Crippen LogP contribution in [0.5, 0.6) is 0 Å². The van der Waals surface area contributed by atoms with E-state index in [-0.39, 0.29) is 6.54 Å². The van der Waals surface area contributed by atoms with Gasteiger partial charge in [0.2, 0.25) is 15.9 Å².